The summed E-state index contributed by atoms with van der Waals surface area (Å²) in [7, 11) is -3.85. The van der Waals surface area contributed by atoms with Gasteiger partial charge >= 0.3 is 7.75 Å². The summed E-state index contributed by atoms with van der Waals surface area (Å²) in [4.78, 5) is 0. The molecular weight excluding hydrogens is 378 g/mol. The highest BCUT2D eigenvalue weighted by atomic mass is 31.2. The van der Waals surface area contributed by atoms with E-state index in [0.29, 0.717) is 0 Å². The van der Waals surface area contributed by atoms with Crippen LogP contribution in [0.15, 0.2) is 66.7 Å². The van der Waals surface area contributed by atoms with Crippen molar-refractivity contribution >= 4 is 7.75 Å². The Hall–Kier alpha value is -2.29. The summed E-state index contributed by atoms with van der Waals surface area (Å²) in [5.41, 5.74) is 1.04. The second-order valence-corrected chi connectivity index (χ2v) is 7.92. The Kier molecular flexibility index (Phi) is 8.10. The van der Waals surface area contributed by atoms with Crippen LogP contribution in [0, 0.1) is 17.1 Å². The summed E-state index contributed by atoms with van der Waals surface area (Å²) < 4.78 is 40.8. The lowest BCUT2D eigenvalue weighted by molar-refractivity contribution is 0.151. The highest BCUT2D eigenvalue weighted by molar-refractivity contribution is 7.51. The molecule has 0 fully saturated rings. The Balaban J connectivity index is 2.64. The first-order chi connectivity index (χ1) is 13.5. The van der Waals surface area contributed by atoms with E-state index >= 15 is 0 Å². The van der Waals surface area contributed by atoms with Crippen molar-refractivity contribution in [3.8, 4) is 6.07 Å². The van der Waals surface area contributed by atoms with Crippen LogP contribution >= 0.6 is 7.75 Å². The smallest absolute Gasteiger partial charge is 0.297 e. The Labute approximate surface area is 165 Å². The average molecular weight is 402 g/mol. The van der Waals surface area contributed by atoms with Gasteiger partial charge < -0.3 is 0 Å². The normalized spacial score (nSPS) is 12.5. The molecule has 148 valence electrons. The quantitative estimate of drug-likeness (QED) is 0.381. The SMILES string of the molecule is C=C(C#N)C(c1ccccc1F)N(Cc1ccccc1)P(=O)(OCC)OCC. The molecule has 5 nitrogen and oxygen atoms in total. The Morgan fingerprint density at radius 3 is 2.25 bits per heavy atom. The van der Waals surface area contributed by atoms with E-state index in [1.54, 1.807) is 32.0 Å². The Bertz CT molecular complexity index is 873. The van der Waals surface area contributed by atoms with Gasteiger partial charge in [0, 0.05) is 17.7 Å². The van der Waals surface area contributed by atoms with Crippen molar-refractivity contribution in [2.45, 2.75) is 26.4 Å². The monoisotopic (exact) mass is 402 g/mol. The third-order valence-corrected chi connectivity index (χ3v) is 6.23. The van der Waals surface area contributed by atoms with Crippen LogP contribution in [-0.2, 0) is 20.2 Å². The molecule has 0 amide bonds. The van der Waals surface area contributed by atoms with Crippen LogP contribution in [0.2, 0.25) is 0 Å². The number of benzene rings is 2. The maximum atomic E-state index is 14.6. The van der Waals surface area contributed by atoms with Gasteiger partial charge in [-0.2, -0.15) is 9.93 Å². The molecule has 0 aromatic heterocycles. The number of hydrogen-bond donors (Lipinski definition) is 0. The fourth-order valence-corrected chi connectivity index (χ4v) is 4.79. The predicted molar refractivity (Wildman–Crippen MR) is 107 cm³/mol. The zero-order chi connectivity index (χ0) is 20.6. The predicted octanol–water partition coefficient (Wildman–Crippen LogP) is 5.63. The molecule has 0 radical (unpaired) electrons. The molecule has 7 heteroatoms. The zero-order valence-electron chi connectivity index (χ0n) is 16.0. The second kappa shape index (κ2) is 10.3. The van der Waals surface area contributed by atoms with E-state index in [1.807, 2.05) is 36.4 Å². The fourth-order valence-electron chi connectivity index (χ4n) is 2.89. The van der Waals surface area contributed by atoms with Gasteiger partial charge in [-0.05, 0) is 25.5 Å². The minimum absolute atomic E-state index is 0.0423. The second-order valence-electron chi connectivity index (χ2n) is 5.95. The van der Waals surface area contributed by atoms with Crippen molar-refractivity contribution in [2.75, 3.05) is 13.2 Å². The van der Waals surface area contributed by atoms with E-state index in [0.717, 1.165) is 5.56 Å². The molecule has 2 rings (SSSR count). The van der Waals surface area contributed by atoms with E-state index in [9.17, 15) is 14.2 Å². The molecule has 0 saturated carbocycles. The zero-order valence-corrected chi connectivity index (χ0v) is 16.9. The molecule has 28 heavy (non-hydrogen) atoms. The number of hydrogen-bond acceptors (Lipinski definition) is 4. The third kappa shape index (κ3) is 5.15. The summed E-state index contributed by atoms with van der Waals surface area (Å²) in [5, 5.41) is 9.53. The van der Waals surface area contributed by atoms with Crippen LogP contribution in [-0.4, -0.2) is 17.9 Å². The van der Waals surface area contributed by atoms with Crippen LogP contribution < -0.4 is 0 Å². The summed E-state index contributed by atoms with van der Waals surface area (Å²) in [5.74, 6) is -0.526. The van der Waals surface area contributed by atoms with Crippen molar-refractivity contribution in [3.05, 3.63) is 83.7 Å². The van der Waals surface area contributed by atoms with Gasteiger partial charge in [0.15, 0.2) is 0 Å². The van der Waals surface area contributed by atoms with Crippen molar-refractivity contribution in [1.29, 1.82) is 5.26 Å². The molecule has 0 heterocycles. The van der Waals surface area contributed by atoms with Gasteiger partial charge in [0.1, 0.15) is 5.82 Å². The minimum atomic E-state index is -3.85. The van der Waals surface area contributed by atoms with E-state index in [-0.39, 0.29) is 30.9 Å². The molecule has 1 unspecified atom stereocenters. The maximum absolute atomic E-state index is 14.6. The first-order valence-electron chi connectivity index (χ1n) is 9.00. The standard InChI is InChI=1S/C21H24FN2O3P/c1-4-26-28(25,27-5-2)24(16-18-11-7-6-8-12-18)21(17(3)15-23)19-13-9-10-14-20(19)22/h6-14,21H,3-5,16H2,1-2H3. The van der Waals surface area contributed by atoms with Crippen molar-refractivity contribution in [2.24, 2.45) is 0 Å². The van der Waals surface area contributed by atoms with Gasteiger partial charge in [0.2, 0.25) is 0 Å². The molecular formula is C21H24FN2O3P. The molecule has 2 aromatic carbocycles. The molecule has 0 aliphatic rings. The van der Waals surface area contributed by atoms with Crippen LogP contribution in [0.1, 0.15) is 31.0 Å². The van der Waals surface area contributed by atoms with Gasteiger partial charge in [0.05, 0.1) is 25.3 Å². The Morgan fingerprint density at radius 1 is 1.14 bits per heavy atom. The molecule has 0 bridgehead atoms. The van der Waals surface area contributed by atoms with Crippen molar-refractivity contribution in [3.63, 3.8) is 0 Å². The molecule has 0 aliphatic heterocycles. The molecule has 1 atom stereocenters. The van der Waals surface area contributed by atoms with Gasteiger partial charge in [-0.1, -0.05) is 55.1 Å². The number of nitrogens with zero attached hydrogens (tertiary/aromatic N) is 2. The molecule has 0 spiro atoms. The van der Waals surface area contributed by atoms with Crippen LogP contribution in [0.5, 0.6) is 0 Å². The highest BCUT2D eigenvalue weighted by Crippen LogP contribution is 2.58. The average Bonchev–Trinajstić information content (AvgIpc) is 2.69. The van der Waals surface area contributed by atoms with E-state index in [4.69, 9.17) is 9.05 Å². The summed E-state index contributed by atoms with van der Waals surface area (Å²) in [6, 6.07) is 16.3. The first-order valence-corrected chi connectivity index (χ1v) is 10.5. The lowest BCUT2D eigenvalue weighted by Gasteiger charge is -2.36. The molecule has 0 saturated heterocycles. The van der Waals surface area contributed by atoms with E-state index in [1.165, 1.54) is 10.7 Å². The van der Waals surface area contributed by atoms with Crippen LogP contribution in [0.4, 0.5) is 4.39 Å². The van der Waals surface area contributed by atoms with E-state index < -0.39 is 19.6 Å². The maximum Gasteiger partial charge on any atom is 0.409 e. The van der Waals surface area contributed by atoms with Crippen molar-refractivity contribution in [1.82, 2.24) is 4.67 Å². The molecule has 0 aliphatic carbocycles. The number of nitriles is 1. The van der Waals surface area contributed by atoms with Gasteiger partial charge in [-0.25, -0.2) is 8.96 Å². The van der Waals surface area contributed by atoms with Gasteiger partial charge in [-0.3, -0.25) is 9.05 Å². The molecule has 2 aromatic rings. The third-order valence-electron chi connectivity index (χ3n) is 4.06. The van der Waals surface area contributed by atoms with Gasteiger partial charge in [0.25, 0.3) is 0 Å². The molecule has 0 N–H and O–H groups in total. The van der Waals surface area contributed by atoms with Crippen LogP contribution in [0.25, 0.3) is 0 Å². The topological polar surface area (TPSA) is 62.6 Å². The summed E-state index contributed by atoms with van der Waals surface area (Å²) in [6.45, 7) is 7.57. The van der Waals surface area contributed by atoms with Crippen LogP contribution in [0.3, 0.4) is 0 Å². The minimum Gasteiger partial charge on any atom is -0.297 e. The Morgan fingerprint density at radius 2 is 1.71 bits per heavy atom. The first kappa shape index (κ1) is 22.0. The lowest BCUT2D eigenvalue weighted by Crippen LogP contribution is -2.29. The largest absolute Gasteiger partial charge is 0.409 e. The van der Waals surface area contributed by atoms with Crippen molar-refractivity contribution < 1.29 is 18.0 Å². The van der Waals surface area contributed by atoms with Gasteiger partial charge in [-0.15, -0.1) is 0 Å². The summed E-state index contributed by atoms with van der Waals surface area (Å²) >= 11 is 0. The number of rotatable bonds is 10. The lowest BCUT2D eigenvalue weighted by atomic mass is 9.99. The highest BCUT2D eigenvalue weighted by Gasteiger charge is 2.41. The fraction of sp³-hybridized carbons (Fsp3) is 0.286. The van der Waals surface area contributed by atoms with E-state index in [2.05, 4.69) is 6.58 Å². The number of halogens is 1. The summed E-state index contributed by atoms with van der Waals surface area (Å²) in [6.07, 6.45) is 0.